The average molecular weight is 239 g/mol. The van der Waals surface area contributed by atoms with Crippen molar-refractivity contribution in [2.75, 3.05) is 5.73 Å². The predicted molar refractivity (Wildman–Crippen MR) is 59.8 cm³/mol. The number of aryl methyl sites for hydroxylation is 1. The van der Waals surface area contributed by atoms with Gasteiger partial charge in [-0.25, -0.2) is 8.78 Å². The molecule has 0 spiro atoms. The van der Waals surface area contributed by atoms with Crippen molar-refractivity contribution in [3.05, 3.63) is 29.3 Å². The van der Waals surface area contributed by atoms with Crippen molar-refractivity contribution in [2.45, 2.75) is 13.3 Å². The number of nitrogens with zero attached hydrogens (tertiary/aromatic N) is 1. The topological polar surface area (TPSA) is 74.9 Å². The second-order valence-corrected chi connectivity index (χ2v) is 3.76. The minimum absolute atomic E-state index is 0.236. The van der Waals surface area contributed by atoms with Gasteiger partial charge in [-0.15, -0.1) is 0 Å². The molecule has 0 fully saturated rings. The number of phenols is 1. The van der Waals surface area contributed by atoms with Crippen LogP contribution in [0.1, 0.15) is 17.6 Å². The molecule has 0 saturated heterocycles. The number of hydrogen-bond acceptors (Lipinski definition) is 3. The van der Waals surface area contributed by atoms with E-state index in [0.29, 0.717) is 11.3 Å². The van der Waals surface area contributed by atoms with Crippen molar-refractivity contribution in [2.24, 2.45) is 0 Å². The number of H-pyrrole nitrogens is 1. The van der Waals surface area contributed by atoms with Crippen molar-refractivity contribution in [1.82, 2.24) is 10.2 Å². The average Bonchev–Trinajstić information content (AvgIpc) is 2.67. The summed E-state index contributed by atoms with van der Waals surface area (Å²) < 4.78 is 25.4. The highest BCUT2D eigenvalue weighted by Crippen LogP contribution is 2.37. The monoisotopic (exact) mass is 239 g/mol. The molecule has 1 aromatic carbocycles. The number of halogens is 2. The third-order valence-electron chi connectivity index (χ3n) is 2.41. The fourth-order valence-corrected chi connectivity index (χ4v) is 1.65. The Morgan fingerprint density at radius 2 is 2.06 bits per heavy atom. The summed E-state index contributed by atoms with van der Waals surface area (Å²) in [7, 11) is 0. The zero-order valence-corrected chi connectivity index (χ0v) is 9.04. The highest BCUT2D eigenvalue weighted by molar-refractivity contribution is 5.71. The van der Waals surface area contributed by atoms with E-state index in [1.165, 1.54) is 12.1 Å². The van der Waals surface area contributed by atoms with Crippen molar-refractivity contribution < 1.29 is 13.9 Å². The summed E-state index contributed by atoms with van der Waals surface area (Å²) in [4.78, 5) is 0. The van der Waals surface area contributed by atoms with Gasteiger partial charge in [-0.1, -0.05) is 0 Å². The number of nitrogens with one attached hydrogen (secondary N) is 1. The van der Waals surface area contributed by atoms with Gasteiger partial charge in [0.15, 0.2) is 0 Å². The Morgan fingerprint density at radius 1 is 1.35 bits per heavy atom. The van der Waals surface area contributed by atoms with Crippen LogP contribution in [-0.2, 0) is 0 Å². The summed E-state index contributed by atoms with van der Waals surface area (Å²) in [6.45, 7) is 1.68. The Kier molecular flexibility index (Phi) is 2.71. The molecule has 0 aliphatic rings. The van der Waals surface area contributed by atoms with Gasteiger partial charge in [0.05, 0.1) is 11.3 Å². The molecule has 4 N–H and O–H groups in total. The highest BCUT2D eigenvalue weighted by atomic mass is 19.3. The number of anilines is 1. The van der Waals surface area contributed by atoms with E-state index in [4.69, 9.17) is 5.73 Å². The number of aromatic nitrogens is 2. The van der Waals surface area contributed by atoms with E-state index in [0.717, 1.165) is 0 Å². The summed E-state index contributed by atoms with van der Waals surface area (Å²) in [5.74, 6) is -0.214. The number of nitrogens with two attached hydrogens (primary N) is 1. The maximum atomic E-state index is 12.7. The Labute approximate surface area is 96.1 Å². The first kappa shape index (κ1) is 11.4. The quantitative estimate of drug-likeness (QED) is 0.754. The van der Waals surface area contributed by atoms with Crippen molar-refractivity contribution in [3.8, 4) is 17.0 Å². The number of benzene rings is 1. The molecule has 4 nitrogen and oxygen atoms in total. The fourth-order valence-electron chi connectivity index (χ4n) is 1.65. The van der Waals surface area contributed by atoms with Crippen LogP contribution >= 0.6 is 0 Å². The highest BCUT2D eigenvalue weighted by Gasteiger charge is 2.18. The second-order valence-electron chi connectivity index (χ2n) is 3.76. The molecule has 17 heavy (non-hydrogen) atoms. The SMILES string of the molecule is Cc1cc(-c2cc(N)n[nH]2)c(O)c(C(F)F)c1. The number of phenolic OH excluding ortho intramolecular Hbond substituents is 1. The second kappa shape index (κ2) is 4.04. The molecule has 6 heteroatoms. The molecule has 0 saturated carbocycles. The molecule has 0 aliphatic carbocycles. The molecule has 1 heterocycles. The number of aromatic amines is 1. The molecule has 0 unspecified atom stereocenters. The van der Waals surface area contributed by atoms with Gasteiger partial charge in [-0.05, 0) is 24.6 Å². The van der Waals surface area contributed by atoms with Gasteiger partial charge in [0.2, 0.25) is 0 Å². The van der Waals surface area contributed by atoms with E-state index < -0.39 is 17.7 Å². The van der Waals surface area contributed by atoms with Gasteiger partial charge >= 0.3 is 0 Å². The molecule has 1 aromatic heterocycles. The molecule has 0 amide bonds. The smallest absolute Gasteiger partial charge is 0.267 e. The molecular weight excluding hydrogens is 228 g/mol. The van der Waals surface area contributed by atoms with Crippen LogP contribution in [0, 0.1) is 6.92 Å². The number of hydrogen-bond donors (Lipinski definition) is 3. The minimum atomic E-state index is -2.73. The number of alkyl halides is 2. The molecule has 0 atom stereocenters. The number of aromatic hydroxyl groups is 1. The minimum Gasteiger partial charge on any atom is -0.507 e. The first-order valence-electron chi connectivity index (χ1n) is 4.92. The van der Waals surface area contributed by atoms with Crippen LogP contribution < -0.4 is 5.73 Å². The lowest BCUT2D eigenvalue weighted by Gasteiger charge is -2.09. The van der Waals surface area contributed by atoms with Crippen LogP contribution in [0.3, 0.4) is 0 Å². The van der Waals surface area contributed by atoms with E-state index in [-0.39, 0.29) is 11.4 Å². The third kappa shape index (κ3) is 2.06. The summed E-state index contributed by atoms with van der Waals surface area (Å²) in [6.07, 6.45) is -2.73. The Hall–Kier alpha value is -2.11. The van der Waals surface area contributed by atoms with E-state index in [1.54, 1.807) is 13.0 Å². The molecule has 0 bridgehead atoms. The molecule has 90 valence electrons. The third-order valence-corrected chi connectivity index (χ3v) is 2.41. The van der Waals surface area contributed by atoms with Crippen LogP contribution in [0.4, 0.5) is 14.6 Å². The van der Waals surface area contributed by atoms with Gasteiger partial charge in [0.25, 0.3) is 6.43 Å². The number of rotatable bonds is 2. The van der Waals surface area contributed by atoms with Gasteiger partial charge in [0.1, 0.15) is 11.6 Å². The van der Waals surface area contributed by atoms with E-state index in [1.807, 2.05) is 0 Å². The van der Waals surface area contributed by atoms with Crippen LogP contribution in [0.2, 0.25) is 0 Å². The summed E-state index contributed by atoms with van der Waals surface area (Å²) in [6, 6.07) is 4.32. The van der Waals surface area contributed by atoms with Crippen molar-refractivity contribution >= 4 is 5.82 Å². The van der Waals surface area contributed by atoms with Crippen LogP contribution in [0.25, 0.3) is 11.3 Å². The largest absolute Gasteiger partial charge is 0.507 e. The lowest BCUT2D eigenvalue weighted by atomic mass is 10.0. The van der Waals surface area contributed by atoms with Crippen molar-refractivity contribution in [1.29, 1.82) is 0 Å². The number of nitrogen functional groups attached to an aromatic ring is 1. The Bertz CT molecular complexity index is 552. The zero-order chi connectivity index (χ0) is 12.6. The van der Waals surface area contributed by atoms with E-state index >= 15 is 0 Å². The molecular formula is C11H11F2N3O. The van der Waals surface area contributed by atoms with Crippen LogP contribution in [-0.4, -0.2) is 15.3 Å². The molecule has 0 radical (unpaired) electrons. The summed E-state index contributed by atoms with van der Waals surface area (Å²) in [5, 5.41) is 16.0. The predicted octanol–water partition coefficient (Wildman–Crippen LogP) is 2.61. The summed E-state index contributed by atoms with van der Waals surface area (Å²) >= 11 is 0. The fraction of sp³-hybridized carbons (Fsp3) is 0.182. The van der Waals surface area contributed by atoms with Crippen molar-refractivity contribution in [3.63, 3.8) is 0 Å². The lowest BCUT2D eigenvalue weighted by Crippen LogP contribution is -1.91. The maximum absolute atomic E-state index is 12.7. The maximum Gasteiger partial charge on any atom is 0.267 e. The first-order chi connectivity index (χ1) is 7.99. The Morgan fingerprint density at radius 3 is 2.59 bits per heavy atom. The lowest BCUT2D eigenvalue weighted by molar-refractivity contribution is 0.147. The van der Waals surface area contributed by atoms with E-state index in [2.05, 4.69) is 10.2 Å². The normalized spacial score (nSPS) is 11.1. The summed E-state index contributed by atoms with van der Waals surface area (Å²) in [5.41, 5.74) is 6.34. The van der Waals surface area contributed by atoms with Gasteiger partial charge in [0, 0.05) is 11.6 Å². The molecule has 0 aliphatic heterocycles. The zero-order valence-electron chi connectivity index (χ0n) is 9.04. The van der Waals surface area contributed by atoms with Gasteiger partial charge in [-0.3, -0.25) is 5.10 Å². The van der Waals surface area contributed by atoms with E-state index in [9.17, 15) is 13.9 Å². The standard InChI is InChI=1S/C11H11F2N3O/c1-5-2-6(8-4-9(14)16-15-8)10(17)7(3-5)11(12)13/h2-4,11,17H,1H3,(H3,14,15,16). The van der Waals surface area contributed by atoms with Gasteiger partial charge in [-0.2, -0.15) is 5.10 Å². The van der Waals surface area contributed by atoms with Gasteiger partial charge < -0.3 is 10.8 Å². The molecule has 2 aromatic rings. The van der Waals surface area contributed by atoms with Crippen LogP contribution in [0.5, 0.6) is 5.75 Å². The Balaban J connectivity index is 2.61. The molecule has 2 rings (SSSR count). The van der Waals surface area contributed by atoms with Crippen LogP contribution in [0.15, 0.2) is 18.2 Å². The first-order valence-corrected chi connectivity index (χ1v) is 4.92.